The van der Waals surface area contributed by atoms with Crippen LogP contribution >= 0.6 is 0 Å². The molecule has 0 amide bonds. The highest BCUT2D eigenvalue weighted by Crippen LogP contribution is 2.24. The van der Waals surface area contributed by atoms with Gasteiger partial charge in [-0.05, 0) is 38.1 Å². The first-order valence-corrected chi connectivity index (χ1v) is 6.51. The van der Waals surface area contributed by atoms with Gasteiger partial charge in [-0.15, -0.1) is 0 Å². The van der Waals surface area contributed by atoms with Crippen LogP contribution in [0, 0.1) is 0 Å². The molecule has 1 saturated heterocycles. The Labute approximate surface area is 107 Å². The molecule has 0 atom stereocenters. The summed E-state index contributed by atoms with van der Waals surface area (Å²) >= 11 is 0. The molecule has 1 fully saturated rings. The van der Waals surface area contributed by atoms with Gasteiger partial charge in [0, 0.05) is 18.5 Å². The quantitative estimate of drug-likeness (QED) is 0.486. The third-order valence-electron chi connectivity index (χ3n) is 3.49. The number of rotatable bonds is 4. The zero-order valence-electron chi connectivity index (χ0n) is 10.6. The van der Waals surface area contributed by atoms with Gasteiger partial charge in [-0.1, -0.05) is 12.5 Å². The summed E-state index contributed by atoms with van der Waals surface area (Å²) < 4.78 is 0. The van der Waals surface area contributed by atoms with Crippen molar-refractivity contribution in [2.45, 2.75) is 25.7 Å². The van der Waals surface area contributed by atoms with E-state index in [1.54, 1.807) is 12.1 Å². The fourth-order valence-corrected chi connectivity index (χ4v) is 2.37. The van der Waals surface area contributed by atoms with Crippen molar-refractivity contribution >= 4 is 11.5 Å². The topological polar surface area (TPSA) is 66.6 Å². The minimum absolute atomic E-state index is 0.00831. The third kappa shape index (κ3) is 3.01. The minimum atomic E-state index is -0.0150. The molecule has 0 bridgehead atoms. The second-order valence-corrected chi connectivity index (χ2v) is 4.81. The summed E-state index contributed by atoms with van der Waals surface area (Å²) in [7, 11) is 0. The molecule has 0 aliphatic carbocycles. The van der Waals surface area contributed by atoms with Crippen LogP contribution in [0.5, 0.6) is 5.75 Å². The summed E-state index contributed by atoms with van der Waals surface area (Å²) in [5.74, 6) is -0.00667. The number of carbonyl (C=O) groups is 1. The fraction of sp³-hybridized carbons (Fsp3) is 0.500. The number of nitrogens with two attached hydrogens (primary N) is 1. The predicted molar refractivity (Wildman–Crippen MR) is 71.8 cm³/mol. The van der Waals surface area contributed by atoms with Gasteiger partial charge in [0.15, 0.2) is 5.78 Å². The Kier molecular flexibility index (Phi) is 4.20. The van der Waals surface area contributed by atoms with Crippen LogP contribution in [0.25, 0.3) is 0 Å². The third-order valence-corrected chi connectivity index (χ3v) is 3.49. The van der Waals surface area contributed by atoms with Gasteiger partial charge in [0.2, 0.25) is 0 Å². The Balaban J connectivity index is 1.93. The average molecular weight is 248 g/mol. The van der Waals surface area contributed by atoms with E-state index in [1.165, 1.54) is 25.3 Å². The van der Waals surface area contributed by atoms with Gasteiger partial charge in [0.25, 0.3) is 0 Å². The molecule has 0 unspecified atom stereocenters. The van der Waals surface area contributed by atoms with Crippen LogP contribution < -0.4 is 5.73 Å². The number of phenolic OH excluding ortho intramolecular Hbond substituents is 1. The smallest absolute Gasteiger partial charge is 0.166 e. The molecule has 1 aromatic rings. The number of piperidine rings is 1. The van der Waals surface area contributed by atoms with Gasteiger partial charge in [-0.3, -0.25) is 4.79 Å². The predicted octanol–water partition coefficient (Wildman–Crippen LogP) is 2.03. The maximum absolute atomic E-state index is 12.0. The van der Waals surface area contributed by atoms with Crippen molar-refractivity contribution in [3.05, 3.63) is 23.8 Å². The molecule has 2 rings (SSSR count). The maximum Gasteiger partial charge on any atom is 0.166 e. The zero-order chi connectivity index (χ0) is 13.0. The number of carbonyl (C=O) groups excluding carboxylic acids is 1. The van der Waals surface area contributed by atoms with E-state index in [1.807, 2.05) is 0 Å². The Bertz CT molecular complexity index is 426. The summed E-state index contributed by atoms with van der Waals surface area (Å²) in [6.07, 6.45) is 4.21. The second-order valence-electron chi connectivity index (χ2n) is 4.81. The lowest BCUT2D eigenvalue weighted by Gasteiger charge is -2.26. The summed E-state index contributed by atoms with van der Waals surface area (Å²) in [5.41, 5.74) is 6.34. The molecule has 1 aliphatic rings. The number of hydrogen-bond donors (Lipinski definition) is 2. The van der Waals surface area contributed by atoms with E-state index >= 15 is 0 Å². The van der Waals surface area contributed by atoms with Crippen molar-refractivity contribution in [1.82, 2.24) is 4.90 Å². The highest BCUT2D eigenvalue weighted by molar-refractivity contribution is 6.01. The van der Waals surface area contributed by atoms with E-state index in [2.05, 4.69) is 4.90 Å². The van der Waals surface area contributed by atoms with Crippen LogP contribution in [0.3, 0.4) is 0 Å². The molecule has 4 nitrogen and oxygen atoms in total. The molecule has 0 aromatic heterocycles. The molecular weight excluding hydrogens is 228 g/mol. The number of benzene rings is 1. The first-order chi connectivity index (χ1) is 8.68. The highest BCUT2D eigenvalue weighted by Gasteiger charge is 2.15. The van der Waals surface area contributed by atoms with Crippen molar-refractivity contribution in [3.63, 3.8) is 0 Å². The van der Waals surface area contributed by atoms with Crippen LogP contribution in [0.2, 0.25) is 0 Å². The van der Waals surface area contributed by atoms with Crippen LogP contribution in [0.15, 0.2) is 18.2 Å². The monoisotopic (exact) mass is 248 g/mol. The second kappa shape index (κ2) is 5.87. The van der Waals surface area contributed by atoms with E-state index < -0.39 is 0 Å². The van der Waals surface area contributed by atoms with Gasteiger partial charge in [-0.2, -0.15) is 0 Å². The number of likely N-dealkylation sites (tertiary alicyclic amines) is 1. The molecule has 0 saturated carbocycles. The van der Waals surface area contributed by atoms with E-state index in [4.69, 9.17) is 5.73 Å². The Morgan fingerprint density at radius 2 is 2.00 bits per heavy atom. The fourth-order valence-electron chi connectivity index (χ4n) is 2.37. The van der Waals surface area contributed by atoms with Crippen LogP contribution in [0.4, 0.5) is 5.69 Å². The SMILES string of the molecule is Nc1c(O)cccc1C(=O)CCN1CCCCC1. The zero-order valence-corrected chi connectivity index (χ0v) is 10.6. The van der Waals surface area contributed by atoms with Crippen molar-refractivity contribution in [2.75, 3.05) is 25.4 Å². The number of hydrogen-bond acceptors (Lipinski definition) is 4. The lowest BCUT2D eigenvalue weighted by Crippen LogP contribution is -2.31. The molecule has 98 valence electrons. The molecular formula is C14H20N2O2. The Morgan fingerprint density at radius 3 is 2.72 bits per heavy atom. The molecule has 0 radical (unpaired) electrons. The van der Waals surface area contributed by atoms with Crippen LogP contribution in [0.1, 0.15) is 36.0 Å². The number of para-hydroxylation sites is 1. The normalized spacial score (nSPS) is 16.7. The van der Waals surface area contributed by atoms with E-state index in [-0.39, 0.29) is 17.2 Å². The Morgan fingerprint density at radius 1 is 1.28 bits per heavy atom. The minimum Gasteiger partial charge on any atom is -0.506 e. The number of phenols is 1. The number of anilines is 1. The number of Topliss-reactive ketones (excluding diaryl/α,β-unsaturated/α-hetero) is 1. The van der Waals surface area contributed by atoms with Gasteiger partial charge < -0.3 is 15.7 Å². The molecule has 4 heteroatoms. The van der Waals surface area contributed by atoms with Crippen molar-refractivity contribution in [3.8, 4) is 5.75 Å². The van der Waals surface area contributed by atoms with Crippen LogP contribution in [-0.4, -0.2) is 35.4 Å². The largest absolute Gasteiger partial charge is 0.506 e. The number of nitrogen functional groups attached to an aromatic ring is 1. The molecule has 0 spiro atoms. The molecule has 1 aliphatic heterocycles. The average Bonchev–Trinajstić information content (AvgIpc) is 2.40. The molecule has 18 heavy (non-hydrogen) atoms. The van der Waals surface area contributed by atoms with Crippen molar-refractivity contribution in [2.24, 2.45) is 0 Å². The van der Waals surface area contributed by atoms with Gasteiger partial charge in [0.05, 0.1) is 5.69 Å². The standard InChI is InChI=1S/C14H20N2O2/c15-14-11(5-4-6-13(14)18)12(17)7-10-16-8-2-1-3-9-16/h4-6,18H,1-3,7-10,15H2. The van der Waals surface area contributed by atoms with E-state index in [0.717, 1.165) is 19.6 Å². The maximum atomic E-state index is 12.0. The molecule has 1 aromatic carbocycles. The molecule has 1 heterocycles. The number of aromatic hydroxyl groups is 1. The summed E-state index contributed by atoms with van der Waals surface area (Å²) in [4.78, 5) is 14.4. The summed E-state index contributed by atoms with van der Waals surface area (Å²) in [5, 5.41) is 9.48. The van der Waals surface area contributed by atoms with Crippen molar-refractivity contribution in [1.29, 1.82) is 0 Å². The first kappa shape index (κ1) is 12.9. The summed E-state index contributed by atoms with van der Waals surface area (Å²) in [6.45, 7) is 2.96. The van der Waals surface area contributed by atoms with Crippen molar-refractivity contribution < 1.29 is 9.90 Å². The van der Waals surface area contributed by atoms with E-state index in [9.17, 15) is 9.90 Å². The summed E-state index contributed by atoms with van der Waals surface area (Å²) in [6, 6.07) is 4.82. The van der Waals surface area contributed by atoms with Gasteiger partial charge >= 0.3 is 0 Å². The first-order valence-electron chi connectivity index (χ1n) is 6.51. The highest BCUT2D eigenvalue weighted by atomic mass is 16.3. The van der Waals surface area contributed by atoms with E-state index in [0.29, 0.717) is 12.0 Å². The van der Waals surface area contributed by atoms with Gasteiger partial charge in [-0.25, -0.2) is 0 Å². The lowest BCUT2D eigenvalue weighted by molar-refractivity contribution is 0.0959. The van der Waals surface area contributed by atoms with Crippen LogP contribution in [-0.2, 0) is 0 Å². The Hall–Kier alpha value is -1.55. The number of ketones is 1. The number of nitrogens with zero attached hydrogens (tertiary/aromatic N) is 1. The van der Waals surface area contributed by atoms with Gasteiger partial charge in [0.1, 0.15) is 5.75 Å². The molecule has 3 N–H and O–H groups in total. The lowest BCUT2D eigenvalue weighted by atomic mass is 10.0.